The highest BCUT2D eigenvalue weighted by Gasteiger charge is 2.47. The van der Waals surface area contributed by atoms with Crippen molar-refractivity contribution in [2.24, 2.45) is 0 Å². The van der Waals surface area contributed by atoms with E-state index in [9.17, 15) is 14.7 Å². The third kappa shape index (κ3) is 4.28. The Bertz CT molecular complexity index is 1320. The Balaban J connectivity index is 1.89. The number of aliphatic hydroxyl groups excluding tert-OH is 1. The zero-order valence-corrected chi connectivity index (χ0v) is 19.0. The van der Waals surface area contributed by atoms with Crippen LogP contribution >= 0.6 is 0 Å². The number of rotatable bonds is 6. The molecule has 1 N–H and O–H groups in total. The molecule has 1 aliphatic rings. The Hall–Kier alpha value is -4.37. The molecule has 3 aromatic carbocycles. The second-order valence-corrected chi connectivity index (χ2v) is 8.12. The van der Waals surface area contributed by atoms with Crippen molar-refractivity contribution in [3.63, 3.8) is 0 Å². The molecule has 0 bridgehead atoms. The van der Waals surface area contributed by atoms with Gasteiger partial charge in [0.1, 0.15) is 11.5 Å². The Morgan fingerprint density at radius 1 is 1.06 bits per heavy atom. The summed E-state index contributed by atoms with van der Waals surface area (Å²) in [6, 6.07) is 22.0. The second kappa shape index (κ2) is 9.63. The first-order valence-corrected chi connectivity index (χ1v) is 11.1. The van der Waals surface area contributed by atoms with Gasteiger partial charge in [-0.05, 0) is 55.3 Å². The van der Waals surface area contributed by atoms with E-state index in [1.807, 2.05) is 38.1 Å². The van der Waals surface area contributed by atoms with Gasteiger partial charge in [-0.15, -0.1) is 0 Å². The van der Waals surface area contributed by atoms with Crippen LogP contribution in [0.25, 0.3) is 5.76 Å². The van der Waals surface area contributed by atoms with Crippen molar-refractivity contribution < 1.29 is 19.4 Å². The van der Waals surface area contributed by atoms with Gasteiger partial charge in [0, 0.05) is 11.3 Å². The van der Waals surface area contributed by atoms with Gasteiger partial charge in [0.2, 0.25) is 0 Å². The SMILES string of the molecule is CCCOc1cccc(/C(O)=C2/C(=O)C(=O)N(c3ccc(C#N)cc3)C2c2cccc(C)c2)c1. The normalized spacial score (nSPS) is 17.0. The van der Waals surface area contributed by atoms with Gasteiger partial charge in [0.25, 0.3) is 11.7 Å². The van der Waals surface area contributed by atoms with Gasteiger partial charge >= 0.3 is 0 Å². The standard InChI is InChI=1S/C28H24N2O4/c1-3-14-34-23-9-5-8-21(16-23)26(31)24-25(20-7-4-6-18(2)15-20)30(28(33)27(24)32)22-12-10-19(17-29)11-13-22/h4-13,15-16,25,31H,3,14H2,1-2H3/b26-24-. The number of nitriles is 1. The molecule has 1 atom stereocenters. The molecule has 170 valence electrons. The Labute approximate surface area is 198 Å². The molecule has 1 amide bonds. The quantitative estimate of drug-likeness (QED) is 0.312. The summed E-state index contributed by atoms with van der Waals surface area (Å²) < 4.78 is 5.67. The number of nitrogens with zero attached hydrogens (tertiary/aromatic N) is 2. The van der Waals surface area contributed by atoms with E-state index in [2.05, 4.69) is 6.07 Å². The van der Waals surface area contributed by atoms with Crippen LogP contribution in [0.15, 0.2) is 78.4 Å². The van der Waals surface area contributed by atoms with E-state index in [-0.39, 0.29) is 11.3 Å². The molecule has 0 aliphatic carbocycles. The molecule has 0 saturated carbocycles. The molecule has 1 saturated heterocycles. The summed E-state index contributed by atoms with van der Waals surface area (Å²) in [6.07, 6.45) is 0.833. The highest BCUT2D eigenvalue weighted by atomic mass is 16.5. The van der Waals surface area contributed by atoms with E-state index < -0.39 is 17.7 Å². The summed E-state index contributed by atoms with van der Waals surface area (Å²) in [5.74, 6) is -1.20. The van der Waals surface area contributed by atoms with Gasteiger partial charge in [0.05, 0.1) is 29.9 Å². The van der Waals surface area contributed by atoms with Gasteiger partial charge in [-0.1, -0.05) is 48.9 Å². The molecule has 6 nitrogen and oxygen atoms in total. The van der Waals surface area contributed by atoms with Crippen molar-refractivity contribution >= 4 is 23.1 Å². The number of ketones is 1. The summed E-state index contributed by atoms with van der Waals surface area (Å²) in [5.41, 5.74) is 2.96. The fourth-order valence-electron chi connectivity index (χ4n) is 4.06. The molecule has 1 aliphatic heterocycles. The van der Waals surface area contributed by atoms with Crippen molar-refractivity contribution in [3.05, 3.63) is 101 Å². The van der Waals surface area contributed by atoms with Crippen LogP contribution in [0.1, 0.15) is 41.6 Å². The van der Waals surface area contributed by atoms with Crippen LogP contribution < -0.4 is 9.64 Å². The van der Waals surface area contributed by atoms with E-state index in [4.69, 9.17) is 10.00 Å². The number of ether oxygens (including phenoxy) is 1. The maximum Gasteiger partial charge on any atom is 0.300 e. The number of carbonyl (C=O) groups excluding carboxylic acids is 2. The summed E-state index contributed by atoms with van der Waals surface area (Å²) in [6.45, 7) is 4.44. The highest BCUT2D eigenvalue weighted by molar-refractivity contribution is 6.51. The van der Waals surface area contributed by atoms with Crippen molar-refractivity contribution in [2.45, 2.75) is 26.3 Å². The Morgan fingerprint density at radius 3 is 2.47 bits per heavy atom. The molecule has 1 heterocycles. The second-order valence-electron chi connectivity index (χ2n) is 8.12. The lowest BCUT2D eigenvalue weighted by molar-refractivity contribution is -0.132. The van der Waals surface area contributed by atoms with Crippen molar-refractivity contribution in [3.8, 4) is 11.8 Å². The van der Waals surface area contributed by atoms with Crippen LogP contribution in [0, 0.1) is 18.3 Å². The summed E-state index contributed by atoms with van der Waals surface area (Å²) in [7, 11) is 0. The minimum Gasteiger partial charge on any atom is -0.507 e. The van der Waals surface area contributed by atoms with Gasteiger partial charge in [-0.2, -0.15) is 5.26 Å². The molecule has 0 radical (unpaired) electrons. The lowest BCUT2D eigenvalue weighted by atomic mass is 9.94. The molecular weight excluding hydrogens is 428 g/mol. The summed E-state index contributed by atoms with van der Waals surface area (Å²) >= 11 is 0. The highest BCUT2D eigenvalue weighted by Crippen LogP contribution is 2.42. The van der Waals surface area contributed by atoms with Crippen LogP contribution in [0.3, 0.4) is 0 Å². The first kappa shape index (κ1) is 22.8. The van der Waals surface area contributed by atoms with E-state index >= 15 is 0 Å². The lowest BCUT2D eigenvalue weighted by Crippen LogP contribution is -2.29. The van der Waals surface area contributed by atoms with Gasteiger partial charge in [0.15, 0.2) is 0 Å². The number of carbonyl (C=O) groups is 2. The molecule has 0 aromatic heterocycles. The third-order valence-electron chi connectivity index (χ3n) is 5.66. The molecule has 1 unspecified atom stereocenters. The minimum absolute atomic E-state index is 0.00704. The number of benzene rings is 3. The van der Waals surface area contributed by atoms with Crippen molar-refractivity contribution in [1.82, 2.24) is 0 Å². The average Bonchev–Trinajstić information content (AvgIpc) is 3.13. The summed E-state index contributed by atoms with van der Waals surface area (Å²) in [4.78, 5) is 27.9. The molecule has 34 heavy (non-hydrogen) atoms. The maximum absolute atomic E-state index is 13.3. The van der Waals surface area contributed by atoms with Crippen LogP contribution in [0.2, 0.25) is 0 Å². The molecular formula is C28H24N2O4. The van der Waals surface area contributed by atoms with E-state index in [0.717, 1.165) is 12.0 Å². The number of hydrogen-bond donors (Lipinski definition) is 1. The first-order chi connectivity index (χ1) is 16.4. The smallest absolute Gasteiger partial charge is 0.300 e. The zero-order chi connectivity index (χ0) is 24.2. The molecule has 0 spiro atoms. The van der Waals surface area contributed by atoms with Crippen molar-refractivity contribution in [1.29, 1.82) is 5.26 Å². The number of hydrogen-bond acceptors (Lipinski definition) is 5. The third-order valence-corrected chi connectivity index (χ3v) is 5.66. The number of anilines is 1. The average molecular weight is 453 g/mol. The van der Waals surface area contributed by atoms with Gasteiger partial charge < -0.3 is 9.84 Å². The van der Waals surface area contributed by atoms with E-state index in [0.29, 0.717) is 34.7 Å². The number of aryl methyl sites for hydroxylation is 1. The Kier molecular flexibility index (Phi) is 6.46. The van der Waals surface area contributed by atoms with Crippen molar-refractivity contribution in [2.75, 3.05) is 11.5 Å². The predicted octanol–water partition coefficient (Wildman–Crippen LogP) is 5.28. The molecule has 4 rings (SSSR count). The lowest BCUT2D eigenvalue weighted by Gasteiger charge is -2.25. The first-order valence-electron chi connectivity index (χ1n) is 11.1. The van der Waals surface area contributed by atoms with Crippen LogP contribution in [0.4, 0.5) is 5.69 Å². The zero-order valence-electron chi connectivity index (χ0n) is 19.0. The number of amides is 1. The van der Waals surface area contributed by atoms with E-state index in [1.165, 1.54) is 4.90 Å². The largest absolute Gasteiger partial charge is 0.507 e. The summed E-state index contributed by atoms with van der Waals surface area (Å²) in [5, 5.41) is 20.4. The maximum atomic E-state index is 13.3. The van der Waals surface area contributed by atoms with Crippen LogP contribution in [-0.2, 0) is 9.59 Å². The fourth-order valence-corrected chi connectivity index (χ4v) is 4.06. The Morgan fingerprint density at radius 2 is 1.79 bits per heavy atom. The van der Waals surface area contributed by atoms with Crippen LogP contribution in [0.5, 0.6) is 5.75 Å². The minimum atomic E-state index is -0.826. The molecule has 6 heteroatoms. The topological polar surface area (TPSA) is 90.6 Å². The number of aliphatic hydroxyl groups is 1. The van der Waals surface area contributed by atoms with Gasteiger partial charge in [-0.25, -0.2) is 0 Å². The van der Waals surface area contributed by atoms with E-state index in [1.54, 1.807) is 48.5 Å². The van der Waals surface area contributed by atoms with Gasteiger partial charge in [-0.3, -0.25) is 14.5 Å². The van der Waals surface area contributed by atoms with Crippen LogP contribution in [-0.4, -0.2) is 23.4 Å². The molecule has 3 aromatic rings. The fraction of sp³-hybridized carbons (Fsp3) is 0.179. The molecule has 1 fully saturated rings. The monoisotopic (exact) mass is 452 g/mol. The number of Topliss-reactive ketones (excluding diaryl/α,β-unsaturated/α-hetero) is 1. The predicted molar refractivity (Wildman–Crippen MR) is 129 cm³/mol.